The molecule has 4 N–H and O–H groups in total. The molecule has 0 aliphatic rings. The number of benzene rings is 1. The molecule has 2 heterocycles. The van der Waals surface area contributed by atoms with Gasteiger partial charge in [-0.1, -0.05) is 12.1 Å². The van der Waals surface area contributed by atoms with Gasteiger partial charge >= 0.3 is 6.03 Å². The number of nitrogens with zero attached hydrogens (tertiary/aromatic N) is 3. The summed E-state index contributed by atoms with van der Waals surface area (Å²) in [4.78, 5) is 27.4. The number of urea groups is 1. The molecule has 1 aromatic carbocycles. The highest BCUT2D eigenvalue weighted by molar-refractivity contribution is 6.04. The Balaban J connectivity index is 1.73. The van der Waals surface area contributed by atoms with Crippen molar-refractivity contribution in [3.63, 3.8) is 0 Å². The molecular formula is C17H18N6O2. The van der Waals surface area contributed by atoms with Crippen LogP contribution in [0, 0.1) is 6.92 Å². The summed E-state index contributed by atoms with van der Waals surface area (Å²) in [5.74, 6) is -0.239. The highest BCUT2D eigenvalue weighted by atomic mass is 16.2. The molecule has 128 valence electrons. The zero-order valence-electron chi connectivity index (χ0n) is 13.9. The van der Waals surface area contributed by atoms with Gasteiger partial charge in [-0.15, -0.1) is 0 Å². The number of hydrogen-bond acceptors (Lipinski definition) is 4. The largest absolute Gasteiger partial charge is 0.352 e. The standard InChI is InChI=1S/C17H18N6O2/c1-10-14-7-13(9-19-15(14)23(2)22-10)21-16(24)12-5-3-11(4-6-12)8-20-17(18)25/h3-7,9H,8H2,1-2H3,(H,21,24)(H3,18,20,25). The number of primary amides is 1. The van der Waals surface area contributed by atoms with Gasteiger partial charge in [0.25, 0.3) is 5.91 Å². The number of nitrogens with one attached hydrogen (secondary N) is 2. The maximum absolute atomic E-state index is 12.4. The first-order chi connectivity index (χ1) is 11.9. The first kappa shape index (κ1) is 16.4. The van der Waals surface area contributed by atoms with Crippen LogP contribution in [0.4, 0.5) is 10.5 Å². The van der Waals surface area contributed by atoms with Crippen molar-refractivity contribution in [2.24, 2.45) is 12.8 Å². The van der Waals surface area contributed by atoms with Crippen molar-refractivity contribution in [3.8, 4) is 0 Å². The zero-order chi connectivity index (χ0) is 18.0. The van der Waals surface area contributed by atoms with E-state index in [1.807, 2.05) is 20.0 Å². The normalized spacial score (nSPS) is 10.6. The maximum Gasteiger partial charge on any atom is 0.312 e. The minimum absolute atomic E-state index is 0.239. The van der Waals surface area contributed by atoms with Crippen LogP contribution < -0.4 is 16.4 Å². The average Bonchev–Trinajstić information content (AvgIpc) is 2.87. The summed E-state index contributed by atoms with van der Waals surface area (Å²) >= 11 is 0. The fraction of sp³-hybridized carbons (Fsp3) is 0.176. The summed E-state index contributed by atoms with van der Waals surface area (Å²) in [6, 6.07) is 8.17. The van der Waals surface area contributed by atoms with Gasteiger partial charge in [-0.05, 0) is 30.7 Å². The van der Waals surface area contributed by atoms with Gasteiger partial charge in [0.05, 0.1) is 17.6 Å². The molecule has 0 saturated heterocycles. The summed E-state index contributed by atoms with van der Waals surface area (Å²) in [5, 5.41) is 10.5. The third-order valence-electron chi connectivity index (χ3n) is 3.80. The van der Waals surface area contributed by atoms with Gasteiger partial charge in [-0.2, -0.15) is 5.10 Å². The van der Waals surface area contributed by atoms with Crippen molar-refractivity contribution < 1.29 is 9.59 Å². The fourth-order valence-corrected chi connectivity index (χ4v) is 2.54. The molecule has 0 aliphatic carbocycles. The molecule has 8 nitrogen and oxygen atoms in total. The molecule has 0 radical (unpaired) electrons. The van der Waals surface area contributed by atoms with Gasteiger partial charge in [-0.3, -0.25) is 9.48 Å². The first-order valence-electron chi connectivity index (χ1n) is 7.67. The second-order valence-corrected chi connectivity index (χ2v) is 5.67. The first-order valence-corrected chi connectivity index (χ1v) is 7.67. The van der Waals surface area contributed by atoms with Crippen molar-refractivity contribution in [3.05, 3.63) is 53.3 Å². The summed E-state index contributed by atoms with van der Waals surface area (Å²) in [5.41, 5.74) is 8.61. The second kappa shape index (κ2) is 6.60. The Bertz CT molecular complexity index is 946. The average molecular weight is 338 g/mol. The maximum atomic E-state index is 12.4. The molecule has 0 saturated carbocycles. The Morgan fingerprint density at radius 2 is 1.96 bits per heavy atom. The van der Waals surface area contributed by atoms with Crippen molar-refractivity contribution in [2.45, 2.75) is 13.5 Å². The predicted octanol–water partition coefficient (Wildman–Crippen LogP) is 1.70. The SMILES string of the molecule is Cc1nn(C)c2ncc(NC(=O)c3ccc(CNC(N)=O)cc3)cc12. The van der Waals surface area contributed by atoms with Crippen LogP contribution >= 0.6 is 0 Å². The number of aryl methyl sites for hydroxylation is 2. The van der Waals surface area contributed by atoms with E-state index in [-0.39, 0.29) is 5.91 Å². The van der Waals surface area contributed by atoms with Crippen LogP contribution in [0.1, 0.15) is 21.6 Å². The Kier molecular flexibility index (Phi) is 4.34. The molecule has 0 spiro atoms. The predicted molar refractivity (Wildman–Crippen MR) is 94.1 cm³/mol. The lowest BCUT2D eigenvalue weighted by Gasteiger charge is -2.07. The van der Waals surface area contributed by atoms with Crippen molar-refractivity contribution in [2.75, 3.05) is 5.32 Å². The van der Waals surface area contributed by atoms with E-state index in [1.54, 1.807) is 35.1 Å². The molecule has 25 heavy (non-hydrogen) atoms. The number of fused-ring (bicyclic) bond motifs is 1. The number of aromatic nitrogens is 3. The van der Waals surface area contributed by atoms with E-state index in [0.29, 0.717) is 17.8 Å². The minimum atomic E-state index is -0.588. The summed E-state index contributed by atoms with van der Waals surface area (Å²) in [7, 11) is 1.83. The number of rotatable bonds is 4. The van der Waals surface area contributed by atoms with Crippen molar-refractivity contribution >= 4 is 28.7 Å². The summed E-state index contributed by atoms with van der Waals surface area (Å²) in [6.07, 6.45) is 1.60. The lowest BCUT2D eigenvalue weighted by atomic mass is 10.1. The van der Waals surface area contributed by atoms with Gasteiger partial charge in [0.2, 0.25) is 0 Å². The van der Waals surface area contributed by atoms with Crippen molar-refractivity contribution in [1.29, 1.82) is 0 Å². The van der Waals surface area contributed by atoms with E-state index >= 15 is 0 Å². The van der Waals surface area contributed by atoms with E-state index < -0.39 is 6.03 Å². The van der Waals surface area contributed by atoms with Gasteiger partial charge in [0.1, 0.15) is 0 Å². The molecule has 0 bridgehead atoms. The Morgan fingerprint density at radius 3 is 2.64 bits per heavy atom. The number of hydrogen-bond donors (Lipinski definition) is 3. The van der Waals surface area contributed by atoms with Gasteiger partial charge < -0.3 is 16.4 Å². The van der Waals surface area contributed by atoms with Crippen molar-refractivity contribution in [1.82, 2.24) is 20.1 Å². The third kappa shape index (κ3) is 3.57. The zero-order valence-corrected chi connectivity index (χ0v) is 13.9. The fourth-order valence-electron chi connectivity index (χ4n) is 2.54. The second-order valence-electron chi connectivity index (χ2n) is 5.67. The van der Waals surface area contributed by atoms with E-state index in [4.69, 9.17) is 5.73 Å². The lowest BCUT2D eigenvalue weighted by Crippen LogP contribution is -2.28. The van der Waals surface area contributed by atoms with Gasteiger partial charge in [-0.25, -0.2) is 9.78 Å². The number of amides is 3. The van der Waals surface area contributed by atoms with E-state index in [2.05, 4.69) is 20.7 Å². The molecule has 0 aliphatic heterocycles. The van der Waals surface area contributed by atoms with E-state index in [1.165, 1.54) is 0 Å². The Labute approximate surface area is 144 Å². The summed E-state index contributed by atoms with van der Waals surface area (Å²) in [6.45, 7) is 2.21. The minimum Gasteiger partial charge on any atom is -0.352 e. The van der Waals surface area contributed by atoms with Crippen LogP contribution in [0.15, 0.2) is 36.5 Å². The molecule has 3 amide bonds. The Hall–Kier alpha value is -3.42. The molecule has 2 aromatic heterocycles. The number of nitrogens with two attached hydrogens (primary N) is 1. The lowest BCUT2D eigenvalue weighted by molar-refractivity contribution is 0.102. The van der Waals surface area contributed by atoms with Crippen LogP contribution in [0.5, 0.6) is 0 Å². The highest BCUT2D eigenvalue weighted by Crippen LogP contribution is 2.19. The van der Waals surface area contributed by atoms with Crippen LogP contribution in [0.2, 0.25) is 0 Å². The van der Waals surface area contributed by atoms with Crippen LogP contribution in [-0.2, 0) is 13.6 Å². The van der Waals surface area contributed by atoms with E-state index in [0.717, 1.165) is 22.3 Å². The van der Waals surface area contributed by atoms with Gasteiger partial charge in [0, 0.05) is 24.5 Å². The molecule has 8 heteroatoms. The number of pyridine rings is 1. The quantitative estimate of drug-likeness (QED) is 0.671. The molecule has 0 atom stereocenters. The summed E-state index contributed by atoms with van der Waals surface area (Å²) < 4.78 is 1.70. The number of anilines is 1. The number of carbonyl (C=O) groups excluding carboxylic acids is 2. The van der Waals surface area contributed by atoms with Gasteiger partial charge in [0.15, 0.2) is 5.65 Å². The van der Waals surface area contributed by atoms with E-state index in [9.17, 15) is 9.59 Å². The molecule has 0 fully saturated rings. The topological polar surface area (TPSA) is 115 Å². The number of carbonyl (C=O) groups is 2. The molecule has 3 aromatic rings. The molecule has 3 rings (SSSR count). The smallest absolute Gasteiger partial charge is 0.312 e. The highest BCUT2D eigenvalue weighted by Gasteiger charge is 2.10. The molecular weight excluding hydrogens is 320 g/mol. The Morgan fingerprint density at radius 1 is 1.24 bits per heavy atom. The monoisotopic (exact) mass is 338 g/mol. The molecule has 0 unspecified atom stereocenters. The van der Waals surface area contributed by atoms with Crippen LogP contribution in [0.25, 0.3) is 11.0 Å². The third-order valence-corrected chi connectivity index (χ3v) is 3.80. The van der Waals surface area contributed by atoms with Crippen LogP contribution in [0.3, 0.4) is 0 Å². The van der Waals surface area contributed by atoms with Crippen LogP contribution in [-0.4, -0.2) is 26.7 Å².